The molecule has 0 saturated carbocycles. The minimum absolute atomic E-state index is 0.218. The lowest BCUT2D eigenvalue weighted by atomic mass is 10.1. The topological polar surface area (TPSA) is 39.1 Å². The SMILES string of the molecule is CCNC(Cn1ccnc1C)c1ccccc1OCC. The van der Waals surface area contributed by atoms with Crippen molar-refractivity contribution in [1.82, 2.24) is 14.9 Å². The fourth-order valence-corrected chi connectivity index (χ4v) is 2.37. The van der Waals surface area contributed by atoms with Gasteiger partial charge in [-0.3, -0.25) is 0 Å². The number of para-hydroxylation sites is 1. The quantitative estimate of drug-likeness (QED) is 0.843. The van der Waals surface area contributed by atoms with Crippen molar-refractivity contribution in [3.63, 3.8) is 0 Å². The van der Waals surface area contributed by atoms with Crippen molar-refractivity contribution in [2.75, 3.05) is 13.2 Å². The maximum absolute atomic E-state index is 5.75. The van der Waals surface area contributed by atoms with E-state index in [1.807, 2.05) is 38.4 Å². The first-order valence-electron chi connectivity index (χ1n) is 7.19. The van der Waals surface area contributed by atoms with Crippen molar-refractivity contribution in [3.05, 3.63) is 48.0 Å². The second-order valence-electron chi connectivity index (χ2n) is 4.71. The van der Waals surface area contributed by atoms with E-state index in [2.05, 4.69) is 33.9 Å². The Morgan fingerprint density at radius 3 is 2.75 bits per heavy atom. The van der Waals surface area contributed by atoms with E-state index >= 15 is 0 Å². The van der Waals surface area contributed by atoms with Gasteiger partial charge in [0.2, 0.25) is 0 Å². The first-order valence-corrected chi connectivity index (χ1v) is 7.19. The van der Waals surface area contributed by atoms with Crippen molar-refractivity contribution in [1.29, 1.82) is 0 Å². The van der Waals surface area contributed by atoms with Gasteiger partial charge in [0, 0.05) is 24.5 Å². The number of imidazole rings is 1. The van der Waals surface area contributed by atoms with Crippen molar-refractivity contribution >= 4 is 0 Å². The molecule has 1 aromatic carbocycles. The highest BCUT2D eigenvalue weighted by Crippen LogP contribution is 2.26. The van der Waals surface area contributed by atoms with Crippen LogP contribution in [0.4, 0.5) is 0 Å². The zero-order valence-electron chi connectivity index (χ0n) is 12.5. The van der Waals surface area contributed by atoms with Gasteiger partial charge in [-0.1, -0.05) is 25.1 Å². The molecule has 1 aromatic heterocycles. The first-order chi connectivity index (χ1) is 9.76. The number of nitrogens with zero attached hydrogens (tertiary/aromatic N) is 2. The predicted molar refractivity (Wildman–Crippen MR) is 81.0 cm³/mol. The van der Waals surface area contributed by atoms with Gasteiger partial charge in [-0.05, 0) is 26.5 Å². The molecule has 0 saturated heterocycles. The van der Waals surface area contributed by atoms with Gasteiger partial charge in [-0.15, -0.1) is 0 Å². The summed E-state index contributed by atoms with van der Waals surface area (Å²) in [5.41, 5.74) is 1.20. The zero-order valence-corrected chi connectivity index (χ0v) is 12.5. The Morgan fingerprint density at radius 1 is 1.30 bits per heavy atom. The fourth-order valence-electron chi connectivity index (χ4n) is 2.37. The number of aromatic nitrogens is 2. The Bertz CT molecular complexity index is 536. The van der Waals surface area contributed by atoms with Crippen LogP contribution >= 0.6 is 0 Å². The van der Waals surface area contributed by atoms with Gasteiger partial charge in [0.25, 0.3) is 0 Å². The van der Waals surface area contributed by atoms with Gasteiger partial charge in [0.1, 0.15) is 11.6 Å². The summed E-state index contributed by atoms with van der Waals surface area (Å²) in [4.78, 5) is 4.29. The molecule has 0 amide bonds. The molecular formula is C16H23N3O. The van der Waals surface area contributed by atoms with E-state index in [1.54, 1.807) is 0 Å². The molecule has 1 heterocycles. The summed E-state index contributed by atoms with van der Waals surface area (Å²) in [6.07, 6.45) is 3.86. The normalized spacial score (nSPS) is 12.3. The monoisotopic (exact) mass is 273 g/mol. The number of hydrogen-bond donors (Lipinski definition) is 1. The van der Waals surface area contributed by atoms with E-state index in [1.165, 1.54) is 5.56 Å². The van der Waals surface area contributed by atoms with Crippen molar-refractivity contribution in [2.24, 2.45) is 0 Å². The second kappa shape index (κ2) is 7.10. The lowest BCUT2D eigenvalue weighted by Gasteiger charge is -2.22. The second-order valence-corrected chi connectivity index (χ2v) is 4.71. The standard InChI is InChI=1S/C16H23N3O/c1-4-17-15(12-19-11-10-18-13(19)3)14-8-6-7-9-16(14)20-5-2/h6-11,15,17H,4-5,12H2,1-3H3. The molecule has 0 aliphatic rings. The number of nitrogens with one attached hydrogen (secondary N) is 1. The van der Waals surface area contributed by atoms with E-state index < -0.39 is 0 Å². The van der Waals surface area contributed by atoms with Crippen LogP contribution < -0.4 is 10.1 Å². The average molecular weight is 273 g/mol. The van der Waals surface area contributed by atoms with Crippen LogP contribution in [0.5, 0.6) is 5.75 Å². The predicted octanol–water partition coefficient (Wildman–Crippen LogP) is 2.94. The molecule has 1 atom stereocenters. The van der Waals surface area contributed by atoms with Crippen LogP contribution in [0, 0.1) is 6.92 Å². The molecule has 1 unspecified atom stereocenters. The van der Waals surface area contributed by atoms with Crippen LogP contribution in [0.3, 0.4) is 0 Å². The number of rotatable bonds is 7. The third kappa shape index (κ3) is 3.39. The van der Waals surface area contributed by atoms with Gasteiger partial charge < -0.3 is 14.6 Å². The Labute approximate surface area is 120 Å². The van der Waals surface area contributed by atoms with E-state index in [0.717, 1.165) is 24.7 Å². The van der Waals surface area contributed by atoms with E-state index in [0.29, 0.717) is 6.61 Å². The lowest BCUT2D eigenvalue weighted by molar-refractivity contribution is 0.328. The molecule has 4 nitrogen and oxygen atoms in total. The van der Waals surface area contributed by atoms with E-state index in [9.17, 15) is 0 Å². The van der Waals surface area contributed by atoms with Gasteiger partial charge in [-0.2, -0.15) is 0 Å². The molecule has 108 valence electrons. The molecule has 0 spiro atoms. The molecule has 0 aliphatic carbocycles. The summed E-state index contributed by atoms with van der Waals surface area (Å²) in [5, 5.41) is 3.53. The zero-order chi connectivity index (χ0) is 14.4. The van der Waals surface area contributed by atoms with Crippen molar-refractivity contribution in [2.45, 2.75) is 33.4 Å². The molecule has 0 bridgehead atoms. The summed E-state index contributed by atoms with van der Waals surface area (Å²) < 4.78 is 7.91. The highest BCUT2D eigenvalue weighted by molar-refractivity contribution is 5.36. The summed E-state index contributed by atoms with van der Waals surface area (Å²) >= 11 is 0. The van der Waals surface area contributed by atoms with E-state index in [4.69, 9.17) is 4.74 Å². The lowest BCUT2D eigenvalue weighted by Crippen LogP contribution is -2.26. The van der Waals surface area contributed by atoms with E-state index in [-0.39, 0.29) is 6.04 Å². The van der Waals surface area contributed by atoms with Crippen molar-refractivity contribution in [3.8, 4) is 5.75 Å². The largest absolute Gasteiger partial charge is 0.494 e. The molecule has 1 N–H and O–H groups in total. The average Bonchev–Trinajstić information content (AvgIpc) is 2.85. The number of ether oxygens (including phenoxy) is 1. The minimum Gasteiger partial charge on any atom is -0.494 e. The number of hydrogen-bond acceptors (Lipinski definition) is 3. The third-order valence-corrected chi connectivity index (χ3v) is 3.35. The summed E-state index contributed by atoms with van der Waals surface area (Å²) in [6.45, 7) is 8.61. The molecule has 0 aliphatic heterocycles. The van der Waals surface area contributed by atoms with Crippen LogP contribution in [-0.4, -0.2) is 22.7 Å². The van der Waals surface area contributed by atoms with Crippen LogP contribution in [0.1, 0.15) is 31.3 Å². The highest BCUT2D eigenvalue weighted by atomic mass is 16.5. The van der Waals surface area contributed by atoms with Gasteiger partial charge in [0.15, 0.2) is 0 Å². The maximum atomic E-state index is 5.75. The summed E-state index contributed by atoms with van der Waals surface area (Å²) in [7, 11) is 0. The van der Waals surface area contributed by atoms with Crippen molar-refractivity contribution < 1.29 is 4.74 Å². The number of likely N-dealkylation sites (N-methyl/N-ethyl adjacent to an activating group) is 1. The smallest absolute Gasteiger partial charge is 0.124 e. The molecule has 2 aromatic rings. The Balaban J connectivity index is 2.26. The van der Waals surface area contributed by atoms with Crippen LogP contribution in [0.15, 0.2) is 36.7 Å². The third-order valence-electron chi connectivity index (χ3n) is 3.35. The minimum atomic E-state index is 0.218. The Morgan fingerprint density at radius 2 is 2.10 bits per heavy atom. The van der Waals surface area contributed by atoms with Crippen LogP contribution in [0.25, 0.3) is 0 Å². The molecule has 4 heteroatoms. The molecule has 20 heavy (non-hydrogen) atoms. The highest BCUT2D eigenvalue weighted by Gasteiger charge is 2.16. The Kier molecular flexibility index (Phi) is 5.18. The summed E-state index contributed by atoms with van der Waals surface area (Å²) in [6, 6.07) is 8.45. The summed E-state index contributed by atoms with van der Waals surface area (Å²) in [5.74, 6) is 1.99. The van der Waals surface area contributed by atoms with Crippen LogP contribution in [0.2, 0.25) is 0 Å². The Hall–Kier alpha value is -1.81. The number of benzene rings is 1. The molecule has 0 radical (unpaired) electrons. The number of aryl methyl sites for hydroxylation is 1. The van der Waals surface area contributed by atoms with Gasteiger partial charge in [-0.25, -0.2) is 4.98 Å². The fraction of sp³-hybridized carbons (Fsp3) is 0.438. The molecule has 2 rings (SSSR count). The van der Waals surface area contributed by atoms with Crippen LogP contribution in [-0.2, 0) is 6.54 Å². The maximum Gasteiger partial charge on any atom is 0.124 e. The molecule has 0 fully saturated rings. The van der Waals surface area contributed by atoms with Gasteiger partial charge >= 0.3 is 0 Å². The first kappa shape index (κ1) is 14.6. The molecular weight excluding hydrogens is 250 g/mol. The van der Waals surface area contributed by atoms with Gasteiger partial charge in [0.05, 0.1) is 12.6 Å².